The van der Waals surface area contributed by atoms with Crippen LogP contribution < -0.4 is 0 Å². The third-order valence-electron chi connectivity index (χ3n) is 2.48. The Morgan fingerprint density at radius 1 is 1.46 bits per heavy atom. The molecule has 3 heteroatoms. The lowest BCUT2D eigenvalue weighted by Gasteiger charge is -2.30. The van der Waals surface area contributed by atoms with E-state index in [4.69, 9.17) is 0 Å². The quantitative estimate of drug-likeness (QED) is 0.651. The Kier molecular flexibility index (Phi) is 2.90. The molecule has 2 nitrogen and oxygen atoms in total. The van der Waals surface area contributed by atoms with Gasteiger partial charge in [-0.1, -0.05) is 37.0 Å². The van der Waals surface area contributed by atoms with Crippen LogP contribution in [-0.2, 0) is 0 Å². The van der Waals surface area contributed by atoms with Crippen LogP contribution >= 0.6 is 0 Å². The summed E-state index contributed by atoms with van der Waals surface area (Å²) in [5.74, 6) is 0. The Morgan fingerprint density at radius 3 is 2.62 bits per heavy atom. The summed E-state index contributed by atoms with van der Waals surface area (Å²) >= 11 is 0. The van der Waals surface area contributed by atoms with Crippen LogP contribution in [0.5, 0.6) is 0 Å². The first-order valence-corrected chi connectivity index (χ1v) is 7.45. The van der Waals surface area contributed by atoms with E-state index in [2.05, 4.69) is 19.7 Å². The van der Waals surface area contributed by atoms with Crippen LogP contribution in [0.25, 0.3) is 0 Å². The molecule has 2 N–H and O–H groups in total. The standard InChI is InChI=1S/C10H16O2Si/c1-4-13(2,3)9-7-5-6-8(11)10(9)12/h4-8,10-12H,1H2,2-3H3/t8-,10-/m0/s1. The molecule has 0 spiro atoms. The normalized spacial score (nSPS) is 28.5. The van der Waals surface area contributed by atoms with E-state index in [9.17, 15) is 10.2 Å². The Bertz CT molecular complexity index is 266. The zero-order valence-electron chi connectivity index (χ0n) is 8.07. The molecular weight excluding hydrogens is 180 g/mol. The molecule has 0 aromatic heterocycles. The molecule has 0 unspecified atom stereocenters. The molecule has 0 bridgehead atoms. The zero-order chi connectivity index (χ0) is 10.1. The van der Waals surface area contributed by atoms with Gasteiger partial charge < -0.3 is 10.2 Å². The van der Waals surface area contributed by atoms with Gasteiger partial charge in [0.05, 0.1) is 0 Å². The van der Waals surface area contributed by atoms with Gasteiger partial charge in [-0.05, 0) is 5.20 Å². The third-order valence-corrected chi connectivity index (χ3v) is 5.45. The SMILES string of the molecule is C=C[Si](C)(C)C1=CC=C[C@H](O)[C@@H]1O. The van der Waals surface area contributed by atoms with Gasteiger partial charge in [0.1, 0.15) is 20.3 Å². The van der Waals surface area contributed by atoms with Gasteiger partial charge in [-0.2, -0.15) is 0 Å². The van der Waals surface area contributed by atoms with Gasteiger partial charge >= 0.3 is 0 Å². The van der Waals surface area contributed by atoms with Gasteiger partial charge in [0.2, 0.25) is 0 Å². The van der Waals surface area contributed by atoms with Gasteiger partial charge in [0, 0.05) is 0 Å². The zero-order valence-corrected chi connectivity index (χ0v) is 9.07. The van der Waals surface area contributed by atoms with Crippen molar-refractivity contribution in [3.8, 4) is 0 Å². The third kappa shape index (κ3) is 1.99. The first-order valence-electron chi connectivity index (χ1n) is 4.37. The summed E-state index contributed by atoms with van der Waals surface area (Å²) in [6.07, 6.45) is 3.79. The second kappa shape index (κ2) is 3.62. The largest absolute Gasteiger partial charge is 0.386 e. The van der Waals surface area contributed by atoms with Crippen molar-refractivity contribution in [1.82, 2.24) is 0 Å². The van der Waals surface area contributed by atoms with Crippen molar-refractivity contribution in [2.45, 2.75) is 25.3 Å². The van der Waals surface area contributed by atoms with E-state index in [1.807, 2.05) is 11.8 Å². The highest BCUT2D eigenvalue weighted by Gasteiger charge is 2.31. The predicted octanol–water partition coefficient (Wildman–Crippen LogP) is 1.18. The van der Waals surface area contributed by atoms with E-state index >= 15 is 0 Å². The monoisotopic (exact) mass is 196 g/mol. The lowest BCUT2D eigenvalue weighted by atomic mass is 10.1. The van der Waals surface area contributed by atoms with Gasteiger partial charge in [0.25, 0.3) is 0 Å². The van der Waals surface area contributed by atoms with Crippen LogP contribution in [0.3, 0.4) is 0 Å². The maximum atomic E-state index is 9.72. The molecule has 2 atom stereocenters. The summed E-state index contributed by atoms with van der Waals surface area (Å²) in [5.41, 5.74) is 1.91. The van der Waals surface area contributed by atoms with Crippen LogP contribution in [-0.4, -0.2) is 30.5 Å². The molecule has 1 aliphatic rings. The van der Waals surface area contributed by atoms with Crippen LogP contribution in [0.4, 0.5) is 0 Å². The molecule has 0 amide bonds. The Hall–Kier alpha value is -0.643. The lowest BCUT2D eigenvalue weighted by Crippen LogP contribution is -2.40. The number of allylic oxidation sites excluding steroid dienone is 2. The fraction of sp³-hybridized carbons (Fsp3) is 0.400. The van der Waals surface area contributed by atoms with E-state index < -0.39 is 20.3 Å². The highest BCUT2D eigenvalue weighted by Crippen LogP contribution is 2.24. The van der Waals surface area contributed by atoms with Crippen molar-refractivity contribution < 1.29 is 10.2 Å². The summed E-state index contributed by atoms with van der Waals surface area (Å²) in [5, 5.41) is 20.1. The van der Waals surface area contributed by atoms with Gasteiger partial charge in [0.15, 0.2) is 0 Å². The number of aliphatic hydroxyl groups excluding tert-OH is 2. The van der Waals surface area contributed by atoms with Crippen molar-refractivity contribution in [3.05, 3.63) is 35.7 Å². The fourth-order valence-corrected chi connectivity index (χ4v) is 3.07. The predicted molar refractivity (Wildman–Crippen MR) is 56.9 cm³/mol. The Balaban J connectivity index is 2.98. The smallest absolute Gasteiger partial charge is 0.102 e. The molecule has 0 aliphatic heterocycles. The summed E-state index contributed by atoms with van der Waals surface area (Å²) in [4.78, 5) is 0. The molecule has 0 radical (unpaired) electrons. The summed E-state index contributed by atoms with van der Waals surface area (Å²) in [6, 6.07) is 0. The van der Waals surface area contributed by atoms with Crippen LogP contribution in [0.2, 0.25) is 13.1 Å². The Labute approximate surface area is 79.9 Å². The van der Waals surface area contributed by atoms with Crippen LogP contribution in [0, 0.1) is 0 Å². The van der Waals surface area contributed by atoms with Crippen molar-refractivity contribution in [2.75, 3.05) is 0 Å². The second-order valence-corrected chi connectivity index (χ2v) is 8.30. The Morgan fingerprint density at radius 2 is 2.08 bits per heavy atom. The molecule has 13 heavy (non-hydrogen) atoms. The van der Waals surface area contributed by atoms with Crippen LogP contribution in [0.1, 0.15) is 0 Å². The molecule has 72 valence electrons. The summed E-state index contributed by atoms with van der Waals surface area (Å²) < 4.78 is 0. The molecule has 0 aromatic carbocycles. The summed E-state index contributed by atoms with van der Waals surface area (Å²) in [7, 11) is -1.72. The molecule has 0 saturated heterocycles. The van der Waals surface area contributed by atoms with E-state index in [-0.39, 0.29) is 0 Å². The van der Waals surface area contributed by atoms with E-state index in [0.717, 1.165) is 5.20 Å². The average molecular weight is 196 g/mol. The molecule has 0 heterocycles. The minimum Gasteiger partial charge on any atom is -0.386 e. The number of aliphatic hydroxyl groups is 2. The average Bonchev–Trinajstić information content (AvgIpc) is 2.09. The maximum absolute atomic E-state index is 9.72. The van der Waals surface area contributed by atoms with Gasteiger partial charge in [-0.25, -0.2) is 0 Å². The van der Waals surface area contributed by atoms with Gasteiger partial charge in [-0.15, -0.1) is 6.58 Å². The van der Waals surface area contributed by atoms with E-state index in [1.165, 1.54) is 0 Å². The van der Waals surface area contributed by atoms with Crippen molar-refractivity contribution in [3.63, 3.8) is 0 Å². The topological polar surface area (TPSA) is 40.5 Å². The minimum atomic E-state index is -1.72. The molecule has 0 saturated carbocycles. The molecule has 0 aromatic rings. The maximum Gasteiger partial charge on any atom is 0.102 e. The number of hydrogen-bond acceptors (Lipinski definition) is 2. The molecule has 1 aliphatic carbocycles. The first-order chi connectivity index (χ1) is 5.99. The highest BCUT2D eigenvalue weighted by atomic mass is 28.3. The van der Waals surface area contributed by atoms with Crippen LogP contribution in [0.15, 0.2) is 35.7 Å². The summed E-state index contributed by atoms with van der Waals surface area (Å²) in [6.45, 7) is 7.97. The number of rotatable bonds is 2. The highest BCUT2D eigenvalue weighted by molar-refractivity contribution is 6.88. The van der Waals surface area contributed by atoms with Crippen molar-refractivity contribution >= 4 is 8.07 Å². The second-order valence-electron chi connectivity index (χ2n) is 3.87. The molecule has 1 rings (SSSR count). The fourth-order valence-electron chi connectivity index (χ4n) is 1.37. The molecular formula is C10H16O2Si. The van der Waals surface area contributed by atoms with Crippen molar-refractivity contribution in [1.29, 1.82) is 0 Å². The lowest BCUT2D eigenvalue weighted by molar-refractivity contribution is 0.0755. The van der Waals surface area contributed by atoms with Gasteiger partial charge in [-0.3, -0.25) is 0 Å². The molecule has 0 fully saturated rings. The van der Waals surface area contributed by atoms with Crippen molar-refractivity contribution in [2.24, 2.45) is 0 Å². The minimum absolute atomic E-state index is 0.746. The number of hydrogen-bond donors (Lipinski definition) is 2. The van der Waals surface area contributed by atoms with E-state index in [1.54, 1.807) is 12.2 Å². The van der Waals surface area contributed by atoms with E-state index in [0.29, 0.717) is 0 Å². The first kappa shape index (κ1) is 10.4.